The molecule has 3 heteroatoms. The first-order valence-electron chi connectivity index (χ1n) is 3.36. The van der Waals surface area contributed by atoms with Gasteiger partial charge in [-0.2, -0.15) is 36.4 Å². The topological polar surface area (TPSA) is 20.2 Å². The van der Waals surface area contributed by atoms with Crippen molar-refractivity contribution in [2.45, 2.75) is 13.8 Å². The monoisotopic (exact) mass is 242 g/mol. The van der Waals surface area contributed by atoms with Gasteiger partial charge in [0.1, 0.15) is 0 Å². The van der Waals surface area contributed by atoms with Crippen molar-refractivity contribution in [3.63, 3.8) is 0 Å². The van der Waals surface area contributed by atoms with Gasteiger partial charge in [0.25, 0.3) is 0 Å². The van der Waals surface area contributed by atoms with Crippen LogP contribution in [0.2, 0.25) is 0 Å². The summed E-state index contributed by atoms with van der Waals surface area (Å²) in [5.41, 5.74) is 0. The van der Waals surface area contributed by atoms with Crippen LogP contribution in [0.15, 0.2) is 30.3 Å². The van der Waals surface area contributed by atoms with E-state index < -0.39 is 0 Å². The summed E-state index contributed by atoms with van der Waals surface area (Å²) < 4.78 is 0. The number of hydrogen-bond donors (Lipinski definition) is 1. The Morgan fingerprint density at radius 1 is 0.917 bits per heavy atom. The average molecular weight is 243 g/mol. The Bertz CT molecular complexity index is 86.5. The van der Waals surface area contributed by atoms with Gasteiger partial charge in [0.15, 0.2) is 0 Å². The Balaban J connectivity index is -0.0000000480. The summed E-state index contributed by atoms with van der Waals surface area (Å²) in [7, 11) is 1.00. The second-order valence-corrected chi connectivity index (χ2v) is 1.08. The number of aliphatic hydroxyl groups excluding tert-OH is 1. The molecule has 0 amide bonds. The minimum atomic E-state index is 0. The van der Waals surface area contributed by atoms with Crippen LogP contribution in [-0.2, 0) is 0 Å². The molecule has 0 spiro atoms. The summed E-state index contributed by atoms with van der Waals surface area (Å²) in [6.07, 6.45) is 0. The molecule has 1 N–H and O–H groups in total. The molecule has 0 radical (unpaired) electrons. The van der Waals surface area contributed by atoms with Gasteiger partial charge < -0.3 is 22.1 Å². The molecule has 1 aromatic rings. The molecule has 66 valence electrons. The van der Waals surface area contributed by atoms with Crippen LogP contribution >= 0.6 is 0 Å². The van der Waals surface area contributed by atoms with E-state index in [9.17, 15) is 0 Å². The van der Waals surface area contributed by atoms with Gasteiger partial charge in [-0.1, -0.05) is 13.8 Å². The minimum Gasteiger partial charge on any atom is -1.00 e. The fourth-order valence-electron chi connectivity index (χ4n) is 0.342. The van der Waals surface area contributed by atoms with Crippen molar-refractivity contribution in [1.82, 2.24) is 0 Å². The van der Waals surface area contributed by atoms with Crippen molar-refractivity contribution in [3.8, 4) is 0 Å². The van der Waals surface area contributed by atoms with E-state index in [1.807, 2.05) is 44.2 Å². The predicted molar refractivity (Wildman–Crippen MR) is 50.5 cm³/mol. The first-order valence-corrected chi connectivity index (χ1v) is 3.36. The number of halogens is 1. The van der Waals surface area contributed by atoms with Gasteiger partial charge in [0, 0.05) is 7.11 Å². The minimum absolute atomic E-state index is 0. The molecule has 0 aromatic heterocycles. The summed E-state index contributed by atoms with van der Waals surface area (Å²) in [4.78, 5) is 0. The van der Waals surface area contributed by atoms with E-state index in [2.05, 4.69) is 6.07 Å². The van der Waals surface area contributed by atoms with Crippen LogP contribution in [0.5, 0.6) is 0 Å². The van der Waals surface area contributed by atoms with Crippen molar-refractivity contribution in [3.05, 3.63) is 36.4 Å². The zero-order chi connectivity index (χ0) is 8.24. The third-order valence-corrected chi connectivity index (χ3v) is 0.607. The van der Waals surface area contributed by atoms with E-state index in [0.29, 0.717) is 0 Å². The van der Waals surface area contributed by atoms with Crippen molar-refractivity contribution in [2.75, 3.05) is 7.11 Å². The molecular formula is C9H15BrMgO. The molecule has 0 unspecified atom stereocenters. The zero-order valence-corrected chi connectivity index (χ0v) is 10.9. The molecule has 0 saturated heterocycles. The normalized spacial score (nSPS) is 5.00. The molecule has 0 saturated carbocycles. The summed E-state index contributed by atoms with van der Waals surface area (Å²) >= 11 is 0. The van der Waals surface area contributed by atoms with Gasteiger partial charge in [0.05, 0.1) is 0 Å². The SMILES string of the molecule is CC.CO.[Br-].[Mg+2].[c-]1ccccc1. The summed E-state index contributed by atoms with van der Waals surface area (Å²) in [5.74, 6) is 0. The molecule has 0 aliphatic carbocycles. The number of benzene rings is 1. The Kier molecular flexibility index (Phi) is 57.3. The fourth-order valence-corrected chi connectivity index (χ4v) is 0.342. The molecule has 1 nitrogen and oxygen atoms in total. The van der Waals surface area contributed by atoms with E-state index in [-0.39, 0.29) is 40.0 Å². The fraction of sp³-hybridized carbons (Fsp3) is 0.333. The Hall–Kier alpha value is 0.426. The van der Waals surface area contributed by atoms with E-state index >= 15 is 0 Å². The molecule has 0 heterocycles. The molecule has 1 aromatic carbocycles. The van der Waals surface area contributed by atoms with Crippen molar-refractivity contribution < 1.29 is 22.1 Å². The van der Waals surface area contributed by atoms with Gasteiger partial charge in [-0.05, 0) is 0 Å². The van der Waals surface area contributed by atoms with Gasteiger partial charge in [-0.3, -0.25) is 0 Å². The van der Waals surface area contributed by atoms with Crippen LogP contribution in [0.4, 0.5) is 0 Å². The molecule has 0 aliphatic heterocycles. The molecule has 12 heavy (non-hydrogen) atoms. The van der Waals surface area contributed by atoms with Crippen molar-refractivity contribution in [1.29, 1.82) is 0 Å². The van der Waals surface area contributed by atoms with Crippen LogP contribution in [0.25, 0.3) is 0 Å². The third kappa shape index (κ3) is 22.4. The summed E-state index contributed by atoms with van der Waals surface area (Å²) in [6.45, 7) is 4.00. The maximum Gasteiger partial charge on any atom is 2.00 e. The van der Waals surface area contributed by atoms with Crippen molar-refractivity contribution >= 4 is 23.1 Å². The van der Waals surface area contributed by atoms with Crippen LogP contribution in [-0.4, -0.2) is 35.3 Å². The summed E-state index contributed by atoms with van der Waals surface area (Å²) in [5, 5.41) is 7.00. The zero-order valence-electron chi connectivity index (χ0n) is 7.92. The quantitative estimate of drug-likeness (QED) is 0.446. The first kappa shape index (κ1) is 22.8. The third-order valence-electron chi connectivity index (χ3n) is 0.607. The first-order chi connectivity index (χ1) is 5.00. The Morgan fingerprint density at radius 2 is 1.25 bits per heavy atom. The van der Waals surface area contributed by atoms with Crippen LogP contribution in [0, 0.1) is 6.07 Å². The average Bonchev–Trinajstić information content (AvgIpc) is 2.14. The Morgan fingerprint density at radius 3 is 1.33 bits per heavy atom. The maximum atomic E-state index is 7.00. The smallest absolute Gasteiger partial charge is 1.00 e. The Labute approximate surface area is 102 Å². The molecule has 0 aliphatic rings. The number of hydrogen-bond acceptors (Lipinski definition) is 1. The van der Waals surface area contributed by atoms with E-state index in [0.717, 1.165) is 7.11 Å². The van der Waals surface area contributed by atoms with E-state index in [4.69, 9.17) is 5.11 Å². The summed E-state index contributed by atoms with van der Waals surface area (Å²) in [6, 6.07) is 12.5. The van der Waals surface area contributed by atoms with Crippen LogP contribution < -0.4 is 17.0 Å². The van der Waals surface area contributed by atoms with Crippen molar-refractivity contribution in [2.24, 2.45) is 0 Å². The number of aliphatic hydroxyl groups is 1. The molecule has 1 rings (SSSR count). The van der Waals surface area contributed by atoms with Gasteiger partial charge in [-0.15, -0.1) is 0 Å². The largest absolute Gasteiger partial charge is 2.00 e. The second kappa shape index (κ2) is 30.1. The molecule has 0 bridgehead atoms. The molecular weight excluding hydrogens is 228 g/mol. The van der Waals surface area contributed by atoms with Crippen LogP contribution in [0.3, 0.4) is 0 Å². The second-order valence-electron chi connectivity index (χ2n) is 1.08. The standard InChI is InChI=1S/C6H5.C2H6.CH4O.BrH.Mg/c1-2-4-6-5-3-1;2*1-2;;/h1-5H;1-2H3;2H,1H3;1H;/q-1;;;;+2/p-1. The van der Waals surface area contributed by atoms with Crippen LogP contribution in [0.1, 0.15) is 13.8 Å². The van der Waals surface area contributed by atoms with E-state index in [1.165, 1.54) is 0 Å². The predicted octanol–water partition coefficient (Wildman–Crippen LogP) is -1.26. The molecule has 0 atom stereocenters. The molecule has 0 fully saturated rings. The maximum absolute atomic E-state index is 7.00. The van der Waals surface area contributed by atoms with Gasteiger partial charge >= 0.3 is 23.1 Å². The van der Waals surface area contributed by atoms with Gasteiger partial charge in [-0.25, -0.2) is 0 Å². The number of rotatable bonds is 0. The van der Waals surface area contributed by atoms with E-state index in [1.54, 1.807) is 0 Å². The van der Waals surface area contributed by atoms with Gasteiger partial charge in [0.2, 0.25) is 0 Å².